The van der Waals surface area contributed by atoms with E-state index in [4.69, 9.17) is 14.2 Å². The van der Waals surface area contributed by atoms with Gasteiger partial charge in [-0.2, -0.15) is 4.98 Å². The normalized spacial score (nSPS) is 14.6. The Morgan fingerprint density at radius 2 is 2.00 bits per heavy atom. The molecule has 1 fully saturated rings. The van der Waals surface area contributed by atoms with Crippen LogP contribution in [0.4, 0.5) is 22.2 Å². The number of nitrogens with zero attached hydrogens (tertiary/aromatic N) is 4. The van der Waals surface area contributed by atoms with E-state index in [2.05, 4.69) is 42.7 Å². The van der Waals surface area contributed by atoms with Crippen molar-refractivity contribution in [2.45, 2.75) is 64.5 Å². The number of likely N-dealkylation sites (tertiary alicyclic amines) is 1. The van der Waals surface area contributed by atoms with Crippen molar-refractivity contribution < 1.29 is 23.8 Å². The molecular weight excluding hydrogens is 526 g/mol. The maximum absolute atomic E-state index is 12.7. The van der Waals surface area contributed by atoms with Gasteiger partial charge in [0.2, 0.25) is 17.7 Å². The Kier molecular flexibility index (Phi) is 12.0. The van der Waals surface area contributed by atoms with Crippen molar-refractivity contribution >= 4 is 29.5 Å². The van der Waals surface area contributed by atoms with Gasteiger partial charge in [-0.1, -0.05) is 11.8 Å². The molecule has 1 aliphatic rings. The van der Waals surface area contributed by atoms with Crippen LogP contribution in [0.5, 0.6) is 5.88 Å². The summed E-state index contributed by atoms with van der Waals surface area (Å²) < 4.78 is 15.8. The van der Waals surface area contributed by atoms with E-state index in [1.165, 1.54) is 4.90 Å². The number of amides is 2. The predicted molar refractivity (Wildman–Crippen MR) is 156 cm³/mol. The van der Waals surface area contributed by atoms with Crippen molar-refractivity contribution in [3.05, 3.63) is 30.1 Å². The summed E-state index contributed by atoms with van der Waals surface area (Å²) in [5.74, 6) is 7.64. The topological polar surface area (TPSA) is 140 Å². The van der Waals surface area contributed by atoms with Crippen LogP contribution in [0.2, 0.25) is 0 Å². The Morgan fingerprint density at radius 3 is 2.76 bits per heavy atom. The maximum Gasteiger partial charge on any atom is 0.410 e. The minimum absolute atomic E-state index is 0.160. The first-order valence-electron chi connectivity index (χ1n) is 13.8. The lowest BCUT2D eigenvalue weighted by Crippen LogP contribution is -2.47. The summed E-state index contributed by atoms with van der Waals surface area (Å²) in [7, 11) is 3.22. The number of rotatable bonds is 12. The Morgan fingerprint density at radius 1 is 1.17 bits per heavy atom. The van der Waals surface area contributed by atoms with E-state index in [1.54, 1.807) is 38.7 Å². The Labute approximate surface area is 242 Å². The molecule has 2 aromatic rings. The Bertz CT molecular complexity index is 1220. The second-order valence-corrected chi connectivity index (χ2v) is 10.5. The molecule has 1 atom stereocenters. The molecular formula is C29H41N7O5. The fraction of sp³-hybridized carbons (Fsp3) is 0.552. The summed E-state index contributed by atoms with van der Waals surface area (Å²) in [4.78, 5) is 39.8. The van der Waals surface area contributed by atoms with Crippen LogP contribution in [-0.2, 0) is 14.3 Å². The van der Waals surface area contributed by atoms with E-state index < -0.39 is 17.7 Å². The van der Waals surface area contributed by atoms with Crippen molar-refractivity contribution in [3.63, 3.8) is 0 Å². The molecule has 3 rings (SSSR count). The number of ether oxygens (including phenoxy) is 3. The molecule has 2 amide bonds. The van der Waals surface area contributed by atoms with E-state index in [9.17, 15) is 9.59 Å². The minimum Gasteiger partial charge on any atom is -0.481 e. The average molecular weight is 568 g/mol. The number of anilines is 3. The van der Waals surface area contributed by atoms with Gasteiger partial charge in [-0.3, -0.25) is 9.69 Å². The van der Waals surface area contributed by atoms with Crippen molar-refractivity contribution in [2.24, 2.45) is 0 Å². The molecule has 0 spiro atoms. The molecule has 12 heteroatoms. The molecule has 12 nitrogen and oxygen atoms in total. The van der Waals surface area contributed by atoms with Gasteiger partial charge in [-0.05, 0) is 52.5 Å². The number of unbranched alkanes of at least 4 members (excludes halogenated alkanes) is 1. The van der Waals surface area contributed by atoms with Gasteiger partial charge < -0.3 is 30.2 Å². The van der Waals surface area contributed by atoms with Gasteiger partial charge in [0.05, 0.1) is 18.9 Å². The first-order valence-corrected chi connectivity index (χ1v) is 13.8. The average Bonchev–Trinajstić information content (AvgIpc) is 3.43. The molecule has 3 N–H and O–H groups in total. The quantitative estimate of drug-likeness (QED) is 0.257. The lowest BCUT2D eigenvalue weighted by molar-refractivity contribution is -0.125. The van der Waals surface area contributed by atoms with E-state index >= 15 is 0 Å². The number of carbonyl (C=O) groups excluding carboxylic acids is 2. The van der Waals surface area contributed by atoms with Gasteiger partial charge in [0.1, 0.15) is 17.5 Å². The molecule has 0 aliphatic carbocycles. The van der Waals surface area contributed by atoms with Crippen LogP contribution in [0.25, 0.3) is 0 Å². The number of methoxy groups -OCH3 is 2. The lowest BCUT2D eigenvalue weighted by atomic mass is 10.2. The molecule has 1 aliphatic heterocycles. The monoisotopic (exact) mass is 567 g/mol. The SMILES string of the molecule is COCCCNc1nc(Nc2ccnc(OC)c2)ncc1C#CCCCNC(=O)C1CCCN1C(=O)OC(C)(C)C. The summed E-state index contributed by atoms with van der Waals surface area (Å²) in [6.45, 7) is 7.72. The third-order valence-electron chi connectivity index (χ3n) is 5.99. The lowest BCUT2D eigenvalue weighted by Gasteiger charge is -2.28. The molecule has 3 heterocycles. The molecule has 0 bridgehead atoms. The summed E-state index contributed by atoms with van der Waals surface area (Å²) in [6.07, 6.45) is 6.31. The number of aromatic nitrogens is 3. The number of carbonyl (C=O) groups is 2. The third kappa shape index (κ3) is 10.4. The maximum atomic E-state index is 12.7. The molecule has 0 aromatic carbocycles. The van der Waals surface area contributed by atoms with Gasteiger partial charge >= 0.3 is 6.09 Å². The highest BCUT2D eigenvalue weighted by Crippen LogP contribution is 2.22. The van der Waals surface area contributed by atoms with E-state index in [0.717, 1.165) is 18.5 Å². The number of hydrogen-bond donors (Lipinski definition) is 3. The summed E-state index contributed by atoms with van der Waals surface area (Å²) in [6, 6.07) is 3.05. The van der Waals surface area contributed by atoms with Gasteiger partial charge in [0, 0.05) is 57.7 Å². The Balaban J connectivity index is 1.54. The van der Waals surface area contributed by atoms with Gasteiger partial charge in [0.25, 0.3) is 0 Å². The van der Waals surface area contributed by atoms with Crippen LogP contribution in [0.15, 0.2) is 24.5 Å². The van der Waals surface area contributed by atoms with Gasteiger partial charge in [0.15, 0.2) is 0 Å². The van der Waals surface area contributed by atoms with Crippen LogP contribution in [0.1, 0.15) is 58.4 Å². The largest absolute Gasteiger partial charge is 0.481 e. The zero-order valence-corrected chi connectivity index (χ0v) is 24.6. The van der Waals surface area contributed by atoms with Gasteiger partial charge in [-0.15, -0.1) is 0 Å². The highest BCUT2D eigenvalue weighted by Gasteiger charge is 2.36. The Hall–Kier alpha value is -4.11. The smallest absolute Gasteiger partial charge is 0.410 e. The van der Waals surface area contributed by atoms with Crippen molar-refractivity contribution in [1.82, 2.24) is 25.2 Å². The van der Waals surface area contributed by atoms with Crippen LogP contribution in [-0.4, -0.2) is 84.0 Å². The van der Waals surface area contributed by atoms with Crippen LogP contribution >= 0.6 is 0 Å². The molecule has 1 saturated heterocycles. The summed E-state index contributed by atoms with van der Waals surface area (Å²) in [5.41, 5.74) is 0.812. The summed E-state index contributed by atoms with van der Waals surface area (Å²) in [5, 5.41) is 9.41. The molecule has 222 valence electrons. The fourth-order valence-electron chi connectivity index (χ4n) is 4.06. The minimum atomic E-state index is -0.603. The predicted octanol–water partition coefficient (Wildman–Crippen LogP) is 3.72. The molecule has 2 aromatic heterocycles. The number of pyridine rings is 1. The highest BCUT2D eigenvalue weighted by atomic mass is 16.6. The van der Waals surface area contributed by atoms with E-state index in [-0.39, 0.29) is 5.91 Å². The standard InChI is InChI=1S/C29H41N7O5/c1-29(2,3)41-28(38)36-17-9-12-23(36)26(37)32-14-8-6-7-11-21-20-33-27(35-25(21)31-15-10-18-39-4)34-22-13-16-30-24(19-22)40-5/h13,16,19-20,23H,6,8-10,12,14-15,17-18H2,1-5H3,(H,32,37)(H2,30,31,33,34,35). The zero-order valence-electron chi connectivity index (χ0n) is 24.6. The summed E-state index contributed by atoms with van der Waals surface area (Å²) >= 11 is 0. The van der Waals surface area contributed by atoms with Gasteiger partial charge in [-0.25, -0.2) is 14.8 Å². The molecule has 41 heavy (non-hydrogen) atoms. The zero-order chi connectivity index (χ0) is 29.7. The second kappa shape index (κ2) is 15.6. The van der Waals surface area contributed by atoms with Crippen LogP contribution < -0.4 is 20.7 Å². The molecule has 0 radical (unpaired) electrons. The second-order valence-electron chi connectivity index (χ2n) is 10.5. The van der Waals surface area contributed by atoms with Crippen LogP contribution in [0, 0.1) is 11.8 Å². The van der Waals surface area contributed by atoms with E-state index in [1.807, 2.05) is 20.8 Å². The van der Waals surface area contributed by atoms with E-state index in [0.29, 0.717) is 68.7 Å². The highest BCUT2D eigenvalue weighted by molar-refractivity contribution is 5.86. The number of nitrogens with one attached hydrogen (secondary N) is 3. The van der Waals surface area contributed by atoms with Crippen molar-refractivity contribution in [1.29, 1.82) is 0 Å². The first kappa shape index (κ1) is 31.4. The third-order valence-corrected chi connectivity index (χ3v) is 5.99. The van der Waals surface area contributed by atoms with Crippen LogP contribution in [0.3, 0.4) is 0 Å². The fourth-order valence-corrected chi connectivity index (χ4v) is 4.06. The molecule has 0 saturated carbocycles. The van der Waals surface area contributed by atoms with Crippen molar-refractivity contribution in [2.75, 3.05) is 51.1 Å². The number of hydrogen-bond acceptors (Lipinski definition) is 10. The van der Waals surface area contributed by atoms with Crippen molar-refractivity contribution in [3.8, 4) is 17.7 Å². The molecule has 1 unspecified atom stereocenters. The first-order chi connectivity index (χ1) is 19.7.